The Labute approximate surface area is 79.9 Å². The molecule has 0 spiro atoms. The molecule has 0 aliphatic heterocycles. The van der Waals surface area contributed by atoms with E-state index in [9.17, 15) is 0 Å². The lowest BCUT2D eigenvalue weighted by Gasteiger charge is -2.28. The summed E-state index contributed by atoms with van der Waals surface area (Å²) in [5.74, 6) is 0.873. The molecule has 0 rings (SSSR count). The van der Waals surface area contributed by atoms with Gasteiger partial charge in [-0.3, -0.25) is 0 Å². The summed E-state index contributed by atoms with van der Waals surface area (Å²) in [6, 6.07) is 0. The Morgan fingerprint density at radius 1 is 1.36 bits per heavy atom. The van der Waals surface area contributed by atoms with E-state index in [1.165, 1.54) is 19.3 Å². The van der Waals surface area contributed by atoms with Crippen molar-refractivity contribution in [3.63, 3.8) is 0 Å². The van der Waals surface area contributed by atoms with Crippen LogP contribution in [0, 0.1) is 11.3 Å². The van der Waals surface area contributed by atoms with Crippen LogP contribution in [0.1, 0.15) is 47.0 Å². The van der Waals surface area contributed by atoms with Crippen LogP contribution in [0.15, 0.2) is 0 Å². The molecule has 2 atom stereocenters. The SMILES string of the molecule is CCC(C)CC(C)(CC)CBr. The largest absolute Gasteiger partial charge is 0.0922 e. The maximum Gasteiger partial charge on any atom is 0.00853 e. The van der Waals surface area contributed by atoms with Crippen molar-refractivity contribution in [2.75, 3.05) is 5.33 Å². The molecule has 68 valence electrons. The number of rotatable bonds is 5. The normalized spacial score (nSPS) is 19.4. The summed E-state index contributed by atoms with van der Waals surface area (Å²) in [6.07, 6.45) is 3.94. The summed E-state index contributed by atoms with van der Waals surface area (Å²) in [5.41, 5.74) is 0.523. The molecular weight excluding hydrogens is 200 g/mol. The highest BCUT2D eigenvalue weighted by molar-refractivity contribution is 9.09. The lowest BCUT2D eigenvalue weighted by Crippen LogP contribution is -2.20. The second-order valence-corrected chi connectivity index (χ2v) is 4.58. The zero-order chi connectivity index (χ0) is 8.91. The van der Waals surface area contributed by atoms with Gasteiger partial charge in [-0.1, -0.05) is 50.0 Å². The van der Waals surface area contributed by atoms with E-state index in [0.29, 0.717) is 5.41 Å². The van der Waals surface area contributed by atoms with Crippen molar-refractivity contribution < 1.29 is 0 Å². The third kappa shape index (κ3) is 4.15. The topological polar surface area (TPSA) is 0 Å². The highest BCUT2D eigenvalue weighted by Gasteiger charge is 2.22. The molecule has 0 heterocycles. The first kappa shape index (κ1) is 11.5. The summed E-state index contributed by atoms with van der Waals surface area (Å²) in [6.45, 7) is 9.27. The predicted molar refractivity (Wildman–Crippen MR) is 56.3 cm³/mol. The predicted octanol–water partition coefficient (Wildman–Crippen LogP) is 4.23. The molecule has 1 heteroatoms. The summed E-state index contributed by atoms with van der Waals surface area (Å²) in [7, 11) is 0. The molecule has 0 saturated heterocycles. The van der Waals surface area contributed by atoms with Crippen molar-refractivity contribution in [3.8, 4) is 0 Å². The molecule has 0 aromatic heterocycles. The standard InChI is InChI=1S/C10H21Br/c1-5-9(3)7-10(4,6-2)8-11/h9H,5-8H2,1-4H3. The molecule has 0 saturated carbocycles. The Bertz CT molecular complexity index is 95.0. The minimum Gasteiger partial charge on any atom is -0.0922 e. The van der Waals surface area contributed by atoms with Gasteiger partial charge in [-0.15, -0.1) is 0 Å². The lowest BCUT2D eigenvalue weighted by molar-refractivity contribution is 0.272. The summed E-state index contributed by atoms with van der Waals surface area (Å²) in [4.78, 5) is 0. The Kier molecular flexibility index (Phi) is 5.41. The summed E-state index contributed by atoms with van der Waals surface area (Å²) < 4.78 is 0. The molecule has 0 nitrogen and oxygen atoms in total. The molecule has 0 fully saturated rings. The van der Waals surface area contributed by atoms with Crippen molar-refractivity contribution in [2.45, 2.75) is 47.0 Å². The highest BCUT2D eigenvalue weighted by atomic mass is 79.9. The van der Waals surface area contributed by atoms with Gasteiger partial charge in [0.15, 0.2) is 0 Å². The lowest BCUT2D eigenvalue weighted by atomic mass is 9.80. The molecule has 0 aromatic carbocycles. The van der Waals surface area contributed by atoms with E-state index in [2.05, 4.69) is 43.6 Å². The maximum absolute atomic E-state index is 3.59. The van der Waals surface area contributed by atoms with E-state index >= 15 is 0 Å². The molecule has 11 heavy (non-hydrogen) atoms. The quantitative estimate of drug-likeness (QED) is 0.609. The van der Waals surface area contributed by atoms with Crippen LogP contribution >= 0.6 is 15.9 Å². The van der Waals surface area contributed by atoms with Crippen molar-refractivity contribution in [1.29, 1.82) is 0 Å². The molecule has 0 amide bonds. The van der Waals surface area contributed by atoms with Crippen LogP contribution in [0.25, 0.3) is 0 Å². The van der Waals surface area contributed by atoms with E-state index < -0.39 is 0 Å². The highest BCUT2D eigenvalue weighted by Crippen LogP contribution is 2.32. The van der Waals surface area contributed by atoms with E-state index in [1.807, 2.05) is 0 Å². The third-order valence-corrected chi connectivity index (χ3v) is 4.07. The molecule has 0 radical (unpaired) electrons. The number of hydrogen-bond acceptors (Lipinski definition) is 0. The van der Waals surface area contributed by atoms with Crippen LogP contribution in [-0.2, 0) is 0 Å². The minimum atomic E-state index is 0.523. The monoisotopic (exact) mass is 220 g/mol. The summed E-state index contributed by atoms with van der Waals surface area (Å²) >= 11 is 3.59. The van der Waals surface area contributed by atoms with Crippen LogP contribution < -0.4 is 0 Å². The first-order valence-electron chi connectivity index (χ1n) is 4.64. The van der Waals surface area contributed by atoms with Gasteiger partial charge in [-0.25, -0.2) is 0 Å². The second kappa shape index (κ2) is 5.18. The number of halogens is 1. The van der Waals surface area contributed by atoms with Gasteiger partial charge in [0.2, 0.25) is 0 Å². The van der Waals surface area contributed by atoms with E-state index in [-0.39, 0.29) is 0 Å². The van der Waals surface area contributed by atoms with Crippen molar-refractivity contribution >= 4 is 15.9 Å². The van der Waals surface area contributed by atoms with Gasteiger partial charge in [-0.2, -0.15) is 0 Å². The van der Waals surface area contributed by atoms with Crippen LogP contribution in [0.2, 0.25) is 0 Å². The van der Waals surface area contributed by atoms with Crippen LogP contribution in [0.5, 0.6) is 0 Å². The fourth-order valence-electron chi connectivity index (χ4n) is 1.28. The van der Waals surface area contributed by atoms with Crippen molar-refractivity contribution in [2.24, 2.45) is 11.3 Å². The maximum atomic E-state index is 3.59. The van der Waals surface area contributed by atoms with Gasteiger partial charge in [0, 0.05) is 5.33 Å². The average Bonchev–Trinajstić information content (AvgIpc) is 2.04. The number of hydrogen-bond donors (Lipinski definition) is 0. The molecule has 0 aliphatic rings. The van der Waals surface area contributed by atoms with Crippen LogP contribution in [0.3, 0.4) is 0 Å². The van der Waals surface area contributed by atoms with Crippen LogP contribution in [0.4, 0.5) is 0 Å². The molecular formula is C10H21Br. The fraction of sp³-hybridized carbons (Fsp3) is 1.00. The van der Waals surface area contributed by atoms with Crippen LogP contribution in [-0.4, -0.2) is 5.33 Å². The van der Waals surface area contributed by atoms with Gasteiger partial charge in [0.05, 0.1) is 0 Å². The smallest absolute Gasteiger partial charge is 0.00853 e. The van der Waals surface area contributed by atoms with E-state index in [1.54, 1.807) is 0 Å². The molecule has 0 aromatic rings. The Morgan fingerprint density at radius 3 is 2.18 bits per heavy atom. The first-order chi connectivity index (χ1) is 5.08. The van der Waals surface area contributed by atoms with Gasteiger partial charge < -0.3 is 0 Å². The summed E-state index contributed by atoms with van der Waals surface area (Å²) in [5, 5.41) is 1.14. The van der Waals surface area contributed by atoms with Gasteiger partial charge >= 0.3 is 0 Å². The zero-order valence-electron chi connectivity index (χ0n) is 8.28. The third-order valence-electron chi connectivity index (χ3n) is 2.71. The van der Waals surface area contributed by atoms with Crippen molar-refractivity contribution in [1.82, 2.24) is 0 Å². The minimum absolute atomic E-state index is 0.523. The van der Waals surface area contributed by atoms with E-state index in [0.717, 1.165) is 11.2 Å². The van der Waals surface area contributed by atoms with Gasteiger partial charge in [0.1, 0.15) is 0 Å². The van der Waals surface area contributed by atoms with E-state index in [4.69, 9.17) is 0 Å². The molecule has 0 N–H and O–H groups in total. The number of alkyl halides is 1. The van der Waals surface area contributed by atoms with Gasteiger partial charge in [-0.05, 0) is 24.2 Å². The zero-order valence-corrected chi connectivity index (χ0v) is 9.87. The van der Waals surface area contributed by atoms with Crippen molar-refractivity contribution in [3.05, 3.63) is 0 Å². The average molecular weight is 221 g/mol. The Morgan fingerprint density at radius 2 is 1.91 bits per heavy atom. The first-order valence-corrected chi connectivity index (χ1v) is 5.76. The fourth-order valence-corrected chi connectivity index (χ4v) is 1.90. The Hall–Kier alpha value is 0.480. The van der Waals surface area contributed by atoms with Gasteiger partial charge in [0.25, 0.3) is 0 Å². The second-order valence-electron chi connectivity index (χ2n) is 4.02. The molecule has 2 unspecified atom stereocenters. The molecule has 0 aliphatic carbocycles. The molecule has 0 bridgehead atoms. The Balaban J connectivity index is 3.86.